The number of amides is 1. The predicted octanol–water partition coefficient (Wildman–Crippen LogP) is 6.93. The number of carbonyl (C=O) groups excluding carboxylic acids is 2. The summed E-state index contributed by atoms with van der Waals surface area (Å²) in [7, 11) is 0. The second-order valence-corrected chi connectivity index (χ2v) is 14.3. The molecule has 1 N–H and O–H groups in total. The van der Waals surface area contributed by atoms with Crippen molar-refractivity contribution >= 4 is 11.7 Å². The number of hydrogen-bond acceptors (Lipinski definition) is 3. The first-order chi connectivity index (χ1) is 17.2. The molecular formula is C32H53NO3. The van der Waals surface area contributed by atoms with Crippen LogP contribution in [0.15, 0.2) is 0 Å². The summed E-state index contributed by atoms with van der Waals surface area (Å²) in [5, 5.41) is 11.9. The highest BCUT2D eigenvalue weighted by atomic mass is 16.3. The minimum atomic E-state index is -0.730. The fourth-order valence-electron chi connectivity index (χ4n) is 9.68. The number of fused-ring (bicyclic) bond motifs is 5. The lowest BCUT2D eigenvalue weighted by Gasteiger charge is -2.61. The molecule has 0 aromatic carbocycles. The molecule has 0 radical (unpaired) electrons. The van der Waals surface area contributed by atoms with Crippen LogP contribution in [0.1, 0.15) is 130 Å². The lowest BCUT2D eigenvalue weighted by atomic mass is 9.44. The Labute approximate surface area is 220 Å². The second-order valence-electron chi connectivity index (χ2n) is 14.3. The summed E-state index contributed by atoms with van der Waals surface area (Å²) in [5.41, 5.74) is -0.503. The van der Waals surface area contributed by atoms with Crippen molar-refractivity contribution in [3.8, 4) is 0 Å². The lowest BCUT2D eigenvalue weighted by molar-refractivity contribution is -0.163. The fraction of sp³-hybridized carbons (Fsp3) is 0.938. The number of unbranched alkanes of at least 4 members (excludes halogenated alkanes) is 4. The molecule has 0 unspecified atom stereocenters. The average molecular weight is 500 g/mol. The highest BCUT2D eigenvalue weighted by molar-refractivity contribution is 5.87. The van der Waals surface area contributed by atoms with E-state index in [1.54, 1.807) is 0 Å². The van der Waals surface area contributed by atoms with Crippen LogP contribution < -0.4 is 0 Å². The molecule has 4 heteroatoms. The summed E-state index contributed by atoms with van der Waals surface area (Å²) in [6.07, 6.45) is 18.6. The standard InChI is InChI=1S/C32H53NO3/c1-4-5-6-7-8-20-33(29(35)23-10-9-11-23)22-32(36)19-18-30(2)24(21-32)12-13-25-26-14-15-28(34)31(26,3)17-16-27(25)30/h23-27,36H,4-22H2,1-3H3/t24-,25-,26-,27-,30-,31-,32+/m0/s1. The van der Waals surface area contributed by atoms with Gasteiger partial charge in [-0.25, -0.2) is 0 Å². The highest BCUT2D eigenvalue weighted by Crippen LogP contribution is 2.66. The maximum atomic E-state index is 13.3. The van der Waals surface area contributed by atoms with E-state index in [4.69, 9.17) is 0 Å². The van der Waals surface area contributed by atoms with Crippen LogP contribution in [0, 0.1) is 40.4 Å². The van der Waals surface area contributed by atoms with Crippen molar-refractivity contribution in [2.75, 3.05) is 13.1 Å². The van der Waals surface area contributed by atoms with Gasteiger partial charge in [0, 0.05) is 30.8 Å². The zero-order valence-electron chi connectivity index (χ0n) is 23.5. The number of Topliss-reactive ketones (excluding diaryl/α,β-unsaturated/α-hetero) is 1. The molecule has 5 aliphatic carbocycles. The van der Waals surface area contributed by atoms with Gasteiger partial charge in [0.1, 0.15) is 5.78 Å². The average Bonchev–Trinajstić information content (AvgIpc) is 3.12. The summed E-state index contributed by atoms with van der Waals surface area (Å²) >= 11 is 0. The Morgan fingerprint density at radius 2 is 1.72 bits per heavy atom. The maximum Gasteiger partial charge on any atom is 0.225 e. The fourth-order valence-corrected chi connectivity index (χ4v) is 9.68. The van der Waals surface area contributed by atoms with Crippen molar-refractivity contribution in [3.05, 3.63) is 0 Å². The van der Waals surface area contributed by atoms with Crippen LogP contribution >= 0.6 is 0 Å². The molecule has 0 aromatic rings. The normalized spacial score (nSPS) is 42.3. The molecule has 204 valence electrons. The zero-order valence-corrected chi connectivity index (χ0v) is 23.5. The van der Waals surface area contributed by atoms with Gasteiger partial charge >= 0.3 is 0 Å². The number of carbonyl (C=O) groups is 2. The summed E-state index contributed by atoms with van der Waals surface area (Å²) in [4.78, 5) is 28.2. The van der Waals surface area contributed by atoms with E-state index in [-0.39, 0.29) is 16.7 Å². The van der Waals surface area contributed by atoms with Crippen LogP contribution in [0.4, 0.5) is 0 Å². The number of nitrogens with zero attached hydrogens (tertiary/aromatic N) is 1. The van der Waals surface area contributed by atoms with Crippen LogP contribution in [-0.4, -0.2) is 40.4 Å². The molecule has 0 spiro atoms. The third-order valence-corrected chi connectivity index (χ3v) is 12.3. The molecule has 4 nitrogen and oxygen atoms in total. The van der Waals surface area contributed by atoms with Gasteiger partial charge in [-0.05, 0) is 99.7 Å². The van der Waals surface area contributed by atoms with Crippen LogP contribution in [0.5, 0.6) is 0 Å². The highest BCUT2D eigenvalue weighted by Gasteiger charge is 2.61. The van der Waals surface area contributed by atoms with Crippen molar-refractivity contribution < 1.29 is 14.7 Å². The van der Waals surface area contributed by atoms with Gasteiger partial charge in [0.05, 0.1) is 5.60 Å². The Balaban J connectivity index is 1.25. The quantitative estimate of drug-likeness (QED) is 0.350. The number of rotatable bonds is 9. The maximum absolute atomic E-state index is 13.3. The Morgan fingerprint density at radius 1 is 0.944 bits per heavy atom. The van der Waals surface area contributed by atoms with Gasteiger partial charge in [-0.15, -0.1) is 0 Å². The monoisotopic (exact) mass is 499 g/mol. The van der Waals surface area contributed by atoms with E-state index in [0.29, 0.717) is 41.9 Å². The second kappa shape index (κ2) is 10.3. The topological polar surface area (TPSA) is 57.6 Å². The SMILES string of the molecule is CCCCCCCN(C[C@@]1(O)CC[C@@]2(C)[C@@H](CC[C@@H]3[C@@H]2CC[C@]2(C)C(=O)CC[C@@H]32)C1)C(=O)C1CCC1. The van der Waals surface area contributed by atoms with E-state index in [2.05, 4.69) is 25.7 Å². The Hall–Kier alpha value is -0.900. The molecule has 5 fully saturated rings. The van der Waals surface area contributed by atoms with E-state index in [1.807, 2.05) is 0 Å². The molecule has 1 amide bonds. The van der Waals surface area contributed by atoms with E-state index in [9.17, 15) is 14.7 Å². The van der Waals surface area contributed by atoms with Crippen LogP contribution in [0.2, 0.25) is 0 Å². The van der Waals surface area contributed by atoms with Crippen LogP contribution in [0.3, 0.4) is 0 Å². The molecule has 5 rings (SSSR count). The van der Waals surface area contributed by atoms with Crippen LogP contribution in [-0.2, 0) is 9.59 Å². The van der Waals surface area contributed by atoms with E-state index in [1.165, 1.54) is 51.4 Å². The van der Waals surface area contributed by atoms with Gasteiger partial charge in [0.15, 0.2) is 0 Å². The van der Waals surface area contributed by atoms with Crippen molar-refractivity contribution in [3.63, 3.8) is 0 Å². The first kappa shape index (κ1) is 26.7. The molecular weight excluding hydrogens is 446 g/mol. The summed E-state index contributed by atoms with van der Waals surface area (Å²) in [6, 6.07) is 0. The van der Waals surface area contributed by atoms with Crippen LogP contribution in [0.25, 0.3) is 0 Å². The van der Waals surface area contributed by atoms with Gasteiger partial charge in [-0.1, -0.05) is 52.9 Å². The molecule has 0 heterocycles. The van der Waals surface area contributed by atoms with Gasteiger partial charge in [-0.2, -0.15) is 0 Å². The first-order valence-corrected chi connectivity index (χ1v) is 15.7. The Morgan fingerprint density at radius 3 is 2.44 bits per heavy atom. The molecule has 36 heavy (non-hydrogen) atoms. The van der Waals surface area contributed by atoms with E-state index >= 15 is 0 Å². The molecule has 0 aliphatic heterocycles. The third kappa shape index (κ3) is 4.71. The molecule has 7 atom stereocenters. The van der Waals surface area contributed by atoms with Gasteiger partial charge in [-0.3, -0.25) is 9.59 Å². The minimum Gasteiger partial charge on any atom is -0.388 e. The van der Waals surface area contributed by atoms with Gasteiger partial charge in [0.25, 0.3) is 0 Å². The van der Waals surface area contributed by atoms with E-state index in [0.717, 1.165) is 64.3 Å². The molecule has 0 bridgehead atoms. The van der Waals surface area contributed by atoms with E-state index < -0.39 is 5.60 Å². The van der Waals surface area contributed by atoms with Gasteiger partial charge in [0.2, 0.25) is 5.91 Å². The zero-order chi connectivity index (χ0) is 25.6. The number of ketones is 1. The largest absolute Gasteiger partial charge is 0.388 e. The van der Waals surface area contributed by atoms with Crippen molar-refractivity contribution in [1.29, 1.82) is 0 Å². The minimum absolute atomic E-state index is 0.0563. The lowest BCUT2D eigenvalue weighted by Crippen LogP contribution is -2.58. The summed E-state index contributed by atoms with van der Waals surface area (Å²) in [6.45, 7) is 8.41. The Bertz CT molecular complexity index is 822. The van der Waals surface area contributed by atoms with Crippen molar-refractivity contribution in [2.24, 2.45) is 40.4 Å². The van der Waals surface area contributed by atoms with Gasteiger partial charge < -0.3 is 10.0 Å². The summed E-state index contributed by atoms with van der Waals surface area (Å²) < 4.78 is 0. The molecule has 0 saturated heterocycles. The third-order valence-electron chi connectivity index (χ3n) is 12.3. The molecule has 5 aliphatic rings. The first-order valence-electron chi connectivity index (χ1n) is 15.7. The Kier molecular flexibility index (Phi) is 7.67. The number of aliphatic hydroxyl groups is 1. The smallest absolute Gasteiger partial charge is 0.225 e. The molecule has 0 aromatic heterocycles. The predicted molar refractivity (Wildman–Crippen MR) is 144 cm³/mol. The van der Waals surface area contributed by atoms with Crippen molar-refractivity contribution in [1.82, 2.24) is 4.90 Å². The summed E-state index contributed by atoms with van der Waals surface area (Å²) in [5.74, 6) is 3.59. The number of hydrogen-bond donors (Lipinski definition) is 1. The molecule has 5 saturated carbocycles. The van der Waals surface area contributed by atoms with Crippen molar-refractivity contribution in [2.45, 2.75) is 136 Å².